The van der Waals surface area contributed by atoms with Crippen LogP contribution in [0.3, 0.4) is 0 Å². The normalized spacial score (nSPS) is 21.6. The highest BCUT2D eigenvalue weighted by molar-refractivity contribution is 7.14. The summed E-state index contributed by atoms with van der Waals surface area (Å²) in [5.41, 5.74) is 0. The van der Waals surface area contributed by atoms with E-state index in [1.807, 2.05) is 12.4 Å². The Balaban J connectivity index is 1.88. The molecule has 0 radical (unpaired) electrons. The van der Waals surface area contributed by atoms with Crippen LogP contribution in [0, 0.1) is 0 Å². The Labute approximate surface area is 98.2 Å². The summed E-state index contributed by atoms with van der Waals surface area (Å²) in [5.74, 6) is 0. The van der Waals surface area contributed by atoms with Crippen LogP contribution in [0.5, 0.6) is 0 Å². The SMILES string of the molecule is CN(CC1CNCCO1)c1nc(Cl)cs1. The molecule has 0 aliphatic carbocycles. The predicted molar refractivity (Wildman–Crippen MR) is 63.0 cm³/mol. The topological polar surface area (TPSA) is 37.4 Å². The first kappa shape index (κ1) is 11.1. The number of morpholine rings is 1. The number of rotatable bonds is 3. The number of hydrogen-bond donors (Lipinski definition) is 1. The Kier molecular flexibility index (Phi) is 3.80. The van der Waals surface area contributed by atoms with Crippen LogP contribution in [0.15, 0.2) is 5.38 Å². The summed E-state index contributed by atoms with van der Waals surface area (Å²) >= 11 is 7.33. The zero-order chi connectivity index (χ0) is 10.7. The van der Waals surface area contributed by atoms with Gasteiger partial charge in [0.1, 0.15) is 5.15 Å². The first-order valence-electron chi connectivity index (χ1n) is 4.90. The highest BCUT2D eigenvalue weighted by Crippen LogP contribution is 2.22. The van der Waals surface area contributed by atoms with Crippen molar-refractivity contribution in [1.82, 2.24) is 10.3 Å². The van der Waals surface area contributed by atoms with Crippen molar-refractivity contribution in [2.24, 2.45) is 0 Å². The molecule has 1 atom stereocenters. The van der Waals surface area contributed by atoms with Gasteiger partial charge in [-0.3, -0.25) is 0 Å². The summed E-state index contributed by atoms with van der Waals surface area (Å²) < 4.78 is 5.62. The van der Waals surface area contributed by atoms with Gasteiger partial charge in [0.25, 0.3) is 0 Å². The van der Waals surface area contributed by atoms with Crippen molar-refractivity contribution in [2.45, 2.75) is 6.10 Å². The van der Waals surface area contributed by atoms with E-state index in [-0.39, 0.29) is 6.10 Å². The number of hydrogen-bond acceptors (Lipinski definition) is 5. The molecule has 1 N–H and O–H groups in total. The lowest BCUT2D eigenvalue weighted by molar-refractivity contribution is 0.0340. The molecule has 1 aromatic rings. The third kappa shape index (κ3) is 3.04. The molecular formula is C9H14ClN3OS. The van der Waals surface area contributed by atoms with Crippen LogP contribution >= 0.6 is 22.9 Å². The van der Waals surface area contributed by atoms with Crippen LogP contribution in [0.2, 0.25) is 5.15 Å². The van der Waals surface area contributed by atoms with Gasteiger partial charge in [0.05, 0.1) is 12.7 Å². The second kappa shape index (κ2) is 5.12. The quantitative estimate of drug-likeness (QED) is 0.872. The number of ether oxygens (including phenoxy) is 1. The van der Waals surface area contributed by atoms with Crippen LogP contribution in [0.4, 0.5) is 5.13 Å². The molecule has 84 valence electrons. The molecule has 0 aromatic carbocycles. The molecule has 15 heavy (non-hydrogen) atoms. The smallest absolute Gasteiger partial charge is 0.186 e. The van der Waals surface area contributed by atoms with Crippen molar-refractivity contribution in [3.63, 3.8) is 0 Å². The van der Waals surface area contributed by atoms with E-state index in [9.17, 15) is 0 Å². The second-order valence-corrected chi connectivity index (χ2v) is 4.75. The number of anilines is 1. The Hall–Kier alpha value is -0.360. The molecule has 1 aliphatic rings. The van der Waals surface area contributed by atoms with Crippen LogP contribution in [-0.4, -0.2) is 44.4 Å². The zero-order valence-corrected chi connectivity index (χ0v) is 10.1. The average molecular weight is 248 g/mol. The number of thiazole rings is 1. The van der Waals surface area contributed by atoms with Gasteiger partial charge in [0.2, 0.25) is 0 Å². The Morgan fingerprint density at radius 3 is 3.27 bits per heavy atom. The fraction of sp³-hybridized carbons (Fsp3) is 0.667. The molecule has 0 spiro atoms. The minimum absolute atomic E-state index is 0.242. The Bertz CT molecular complexity index is 314. The van der Waals surface area contributed by atoms with E-state index >= 15 is 0 Å². The van der Waals surface area contributed by atoms with E-state index in [0.29, 0.717) is 5.15 Å². The van der Waals surface area contributed by atoms with E-state index in [4.69, 9.17) is 16.3 Å². The van der Waals surface area contributed by atoms with Gasteiger partial charge in [-0.05, 0) is 0 Å². The van der Waals surface area contributed by atoms with Crippen LogP contribution in [0.25, 0.3) is 0 Å². The van der Waals surface area contributed by atoms with E-state index < -0.39 is 0 Å². The van der Waals surface area contributed by atoms with E-state index in [0.717, 1.165) is 31.4 Å². The molecule has 4 nitrogen and oxygen atoms in total. The minimum atomic E-state index is 0.242. The monoisotopic (exact) mass is 247 g/mol. The maximum atomic E-state index is 5.78. The largest absolute Gasteiger partial charge is 0.374 e. The second-order valence-electron chi connectivity index (χ2n) is 3.53. The molecule has 1 aliphatic heterocycles. The van der Waals surface area contributed by atoms with Crippen molar-refractivity contribution in [3.8, 4) is 0 Å². The van der Waals surface area contributed by atoms with Crippen molar-refractivity contribution in [2.75, 3.05) is 38.2 Å². The molecular weight excluding hydrogens is 234 g/mol. The van der Waals surface area contributed by atoms with Crippen LogP contribution < -0.4 is 10.2 Å². The van der Waals surface area contributed by atoms with Gasteiger partial charge in [0, 0.05) is 32.1 Å². The molecule has 1 aromatic heterocycles. The minimum Gasteiger partial charge on any atom is -0.374 e. The van der Waals surface area contributed by atoms with Crippen molar-refractivity contribution < 1.29 is 4.74 Å². The van der Waals surface area contributed by atoms with Gasteiger partial charge in [-0.15, -0.1) is 11.3 Å². The molecule has 2 heterocycles. The van der Waals surface area contributed by atoms with Crippen molar-refractivity contribution in [3.05, 3.63) is 10.5 Å². The van der Waals surface area contributed by atoms with E-state index in [2.05, 4.69) is 15.2 Å². The Morgan fingerprint density at radius 1 is 1.80 bits per heavy atom. The fourth-order valence-corrected chi connectivity index (χ4v) is 2.47. The number of nitrogens with one attached hydrogen (secondary N) is 1. The summed E-state index contributed by atoms with van der Waals surface area (Å²) in [6.45, 7) is 3.49. The third-order valence-electron chi connectivity index (χ3n) is 2.27. The summed E-state index contributed by atoms with van der Waals surface area (Å²) in [5, 5.41) is 6.64. The lowest BCUT2D eigenvalue weighted by atomic mass is 10.3. The van der Waals surface area contributed by atoms with Gasteiger partial charge < -0.3 is 15.0 Å². The standard InChI is InChI=1S/C9H14ClN3OS/c1-13(9-12-8(10)6-15-9)5-7-4-11-2-3-14-7/h6-7,11H,2-5H2,1H3. The fourth-order valence-electron chi connectivity index (χ4n) is 1.54. The molecule has 6 heteroatoms. The maximum absolute atomic E-state index is 5.78. The summed E-state index contributed by atoms with van der Waals surface area (Å²) in [7, 11) is 2.01. The first-order chi connectivity index (χ1) is 7.25. The van der Waals surface area contributed by atoms with Gasteiger partial charge in [-0.25, -0.2) is 4.98 Å². The summed E-state index contributed by atoms with van der Waals surface area (Å²) in [6.07, 6.45) is 0.242. The van der Waals surface area contributed by atoms with Crippen LogP contribution in [-0.2, 0) is 4.74 Å². The molecule has 0 saturated carbocycles. The summed E-state index contributed by atoms with van der Waals surface area (Å²) in [6, 6.07) is 0. The molecule has 0 bridgehead atoms. The molecule has 1 fully saturated rings. The molecule has 1 unspecified atom stereocenters. The first-order valence-corrected chi connectivity index (χ1v) is 6.16. The number of nitrogens with zero attached hydrogens (tertiary/aromatic N) is 2. The van der Waals surface area contributed by atoms with Crippen molar-refractivity contribution >= 4 is 28.1 Å². The Morgan fingerprint density at radius 2 is 2.67 bits per heavy atom. The average Bonchev–Trinajstić information content (AvgIpc) is 2.66. The predicted octanol–water partition coefficient (Wildman–Crippen LogP) is 1.22. The van der Waals surface area contributed by atoms with Gasteiger partial charge in [-0.2, -0.15) is 0 Å². The highest BCUT2D eigenvalue weighted by Gasteiger charge is 2.16. The highest BCUT2D eigenvalue weighted by atomic mass is 35.5. The number of likely N-dealkylation sites (N-methyl/N-ethyl adjacent to an activating group) is 1. The van der Waals surface area contributed by atoms with E-state index in [1.165, 1.54) is 0 Å². The van der Waals surface area contributed by atoms with Gasteiger partial charge in [-0.1, -0.05) is 11.6 Å². The van der Waals surface area contributed by atoms with E-state index in [1.54, 1.807) is 11.3 Å². The lowest BCUT2D eigenvalue weighted by Crippen LogP contribution is -2.44. The summed E-state index contributed by atoms with van der Waals surface area (Å²) in [4.78, 5) is 6.29. The maximum Gasteiger partial charge on any atom is 0.186 e. The lowest BCUT2D eigenvalue weighted by Gasteiger charge is -2.27. The van der Waals surface area contributed by atoms with Gasteiger partial charge >= 0.3 is 0 Å². The van der Waals surface area contributed by atoms with Gasteiger partial charge in [0.15, 0.2) is 5.13 Å². The van der Waals surface area contributed by atoms with Crippen LogP contribution in [0.1, 0.15) is 0 Å². The molecule has 1 saturated heterocycles. The third-order valence-corrected chi connectivity index (χ3v) is 3.55. The van der Waals surface area contributed by atoms with Crippen molar-refractivity contribution in [1.29, 1.82) is 0 Å². The zero-order valence-electron chi connectivity index (χ0n) is 8.57. The molecule has 0 amide bonds. The number of aromatic nitrogens is 1. The molecule has 2 rings (SSSR count). The number of halogens is 1.